The molecule has 0 saturated heterocycles. The Balaban J connectivity index is 1.49. The molecule has 0 fully saturated rings. The van der Waals surface area contributed by atoms with Crippen LogP contribution in [0.15, 0.2) is 36.4 Å². The number of halogens is 3. The van der Waals surface area contributed by atoms with Crippen LogP contribution in [0.2, 0.25) is 0 Å². The van der Waals surface area contributed by atoms with Gasteiger partial charge in [-0.3, -0.25) is 4.79 Å². The lowest BCUT2D eigenvalue weighted by molar-refractivity contribution is -0.138. The molecule has 0 spiro atoms. The minimum Gasteiger partial charge on any atom is -0.488 e. The summed E-state index contributed by atoms with van der Waals surface area (Å²) in [5.41, 5.74) is 2.43. The Morgan fingerprint density at radius 3 is 2.45 bits per heavy atom. The number of benzene rings is 2. The Morgan fingerprint density at radius 2 is 1.79 bits per heavy atom. The summed E-state index contributed by atoms with van der Waals surface area (Å²) < 4.78 is 45.4. The normalized spacial score (nSPS) is 11.8. The van der Waals surface area contributed by atoms with Crippen molar-refractivity contribution in [1.82, 2.24) is 9.97 Å². The highest BCUT2D eigenvalue weighted by atomic mass is 32.1. The molecule has 0 radical (unpaired) electrons. The van der Waals surface area contributed by atoms with Gasteiger partial charge in [0.1, 0.15) is 17.4 Å². The number of carbonyl (C=O) groups is 1. The van der Waals surface area contributed by atoms with Crippen molar-refractivity contribution in [2.24, 2.45) is 0 Å². The predicted octanol–water partition coefficient (Wildman–Crippen LogP) is 6.65. The van der Waals surface area contributed by atoms with Crippen molar-refractivity contribution in [1.29, 1.82) is 0 Å². The van der Waals surface area contributed by atoms with E-state index < -0.39 is 17.7 Å². The maximum absolute atomic E-state index is 12.8. The number of hydrogen-bond donors (Lipinski definition) is 1. The van der Waals surface area contributed by atoms with Crippen LogP contribution in [0.3, 0.4) is 0 Å². The van der Waals surface area contributed by atoms with Crippen LogP contribution in [0, 0.1) is 13.8 Å². The number of fused-ring (bicyclic) bond motifs is 1. The minimum absolute atomic E-state index is 0.0359. The molecule has 4 rings (SSSR count). The number of thiazole rings is 2. The number of aliphatic carboxylic acids is 1. The summed E-state index contributed by atoms with van der Waals surface area (Å²) in [6, 6.07) is 8.66. The van der Waals surface area contributed by atoms with E-state index in [4.69, 9.17) is 9.84 Å². The molecule has 2 aromatic heterocycles. The molecule has 1 N–H and O–H groups in total. The average molecular weight is 493 g/mol. The Morgan fingerprint density at radius 1 is 1.06 bits per heavy atom. The van der Waals surface area contributed by atoms with Crippen LogP contribution >= 0.6 is 22.7 Å². The van der Waals surface area contributed by atoms with Gasteiger partial charge in [-0.15, -0.1) is 22.7 Å². The number of ether oxygens (including phenoxy) is 1. The van der Waals surface area contributed by atoms with Crippen molar-refractivity contribution in [2.45, 2.75) is 39.5 Å². The van der Waals surface area contributed by atoms with Crippen LogP contribution in [-0.4, -0.2) is 21.0 Å². The lowest BCUT2D eigenvalue weighted by Crippen LogP contribution is -2.03. The van der Waals surface area contributed by atoms with Crippen LogP contribution in [0.4, 0.5) is 13.2 Å². The summed E-state index contributed by atoms with van der Waals surface area (Å²) in [5, 5.41) is 10.3. The predicted molar refractivity (Wildman–Crippen MR) is 122 cm³/mol. The van der Waals surface area contributed by atoms with E-state index in [1.807, 2.05) is 26.0 Å². The summed E-state index contributed by atoms with van der Waals surface area (Å²) in [5.74, 6) is -0.162. The van der Waals surface area contributed by atoms with Gasteiger partial charge in [0.05, 0.1) is 37.8 Å². The number of aromatic nitrogens is 2. The van der Waals surface area contributed by atoms with Crippen LogP contribution in [0.25, 0.3) is 20.8 Å². The Bertz CT molecular complexity index is 1310. The van der Waals surface area contributed by atoms with Gasteiger partial charge >= 0.3 is 12.1 Å². The van der Waals surface area contributed by atoms with Crippen LogP contribution in [0.5, 0.6) is 5.75 Å². The smallest absolute Gasteiger partial charge is 0.416 e. The molecule has 0 bridgehead atoms. The van der Waals surface area contributed by atoms with Crippen molar-refractivity contribution in [3.05, 3.63) is 63.1 Å². The number of carboxylic acids is 1. The largest absolute Gasteiger partial charge is 0.488 e. The molecule has 2 heterocycles. The van der Waals surface area contributed by atoms with E-state index in [-0.39, 0.29) is 13.0 Å². The van der Waals surface area contributed by atoms with Gasteiger partial charge in [-0.25, -0.2) is 9.97 Å². The molecule has 0 atom stereocenters. The van der Waals surface area contributed by atoms with Crippen molar-refractivity contribution in [3.63, 3.8) is 0 Å². The van der Waals surface area contributed by atoms with Gasteiger partial charge in [-0.1, -0.05) is 12.1 Å². The van der Waals surface area contributed by atoms with E-state index >= 15 is 0 Å². The molecular formula is C23H19F3N2O3S2. The second kappa shape index (κ2) is 9.11. The second-order valence-electron chi connectivity index (χ2n) is 7.43. The third-order valence-electron chi connectivity index (χ3n) is 5.06. The zero-order valence-electron chi connectivity index (χ0n) is 17.7. The van der Waals surface area contributed by atoms with Crippen molar-refractivity contribution in [3.8, 4) is 16.3 Å². The number of rotatable bonds is 7. The maximum atomic E-state index is 12.8. The molecule has 0 aliphatic heterocycles. The summed E-state index contributed by atoms with van der Waals surface area (Å²) in [4.78, 5) is 20.7. The second-order valence-corrected chi connectivity index (χ2v) is 9.60. The molecule has 0 aliphatic rings. The summed E-state index contributed by atoms with van der Waals surface area (Å²) >= 11 is 2.85. The highest BCUT2D eigenvalue weighted by Gasteiger charge is 2.30. The fourth-order valence-corrected chi connectivity index (χ4v) is 5.30. The number of aryl methyl sites for hydroxylation is 3. The van der Waals surface area contributed by atoms with Gasteiger partial charge in [-0.2, -0.15) is 13.2 Å². The van der Waals surface area contributed by atoms with E-state index in [2.05, 4.69) is 9.97 Å². The SMILES string of the molecule is Cc1nc(-c2ccc(C(F)(F)F)cc2)sc1COc1ccc2nc(CCC(=O)O)sc2c1C. The number of hydrogen-bond acceptors (Lipinski definition) is 6. The quantitative estimate of drug-likeness (QED) is 0.313. The van der Waals surface area contributed by atoms with Crippen LogP contribution in [-0.2, 0) is 24.0 Å². The van der Waals surface area contributed by atoms with Gasteiger partial charge in [0, 0.05) is 17.5 Å². The first-order valence-electron chi connectivity index (χ1n) is 9.99. The lowest BCUT2D eigenvalue weighted by atomic mass is 10.1. The number of nitrogens with zero attached hydrogens (tertiary/aromatic N) is 2. The average Bonchev–Trinajstić information content (AvgIpc) is 3.35. The highest BCUT2D eigenvalue weighted by Crippen LogP contribution is 2.35. The molecule has 5 nitrogen and oxygen atoms in total. The van der Waals surface area contributed by atoms with Crippen LogP contribution in [0.1, 0.15) is 33.1 Å². The first kappa shape index (κ1) is 23.2. The standard InChI is InChI=1S/C23H19F3N2O3S2/c1-12-17(8-7-16-21(12)33-19(28-16)9-10-20(29)30)31-11-18-13(2)27-22(32-18)14-3-5-15(6-4-14)23(24,25)26/h3-8H,9-11H2,1-2H3,(H,29,30). The molecule has 33 heavy (non-hydrogen) atoms. The van der Waals surface area contributed by atoms with Gasteiger partial charge in [0.15, 0.2) is 0 Å². The molecule has 172 valence electrons. The number of carboxylic acid groups (broad SMARTS) is 1. The van der Waals surface area contributed by atoms with Crippen molar-refractivity contribution >= 4 is 38.9 Å². The zero-order valence-corrected chi connectivity index (χ0v) is 19.3. The molecule has 0 saturated carbocycles. The van der Waals surface area contributed by atoms with Gasteiger partial charge in [0.25, 0.3) is 0 Å². The summed E-state index contributed by atoms with van der Waals surface area (Å²) in [6.07, 6.45) is -3.95. The molecule has 4 aromatic rings. The Labute approximate surface area is 195 Å². The lowest BCUT2D eigenvalue weighted by Gasteiger charge is -2.08. The topological polar surface area (TPSA) is 72.3 Å². The zero-order chi connectivity index (χ0) is 23.8. The third kappa shape index (κ3) is 5.17. The highest BCUT2D eigenvalue weighted by molar-refractivity contribution is 7.18. The maximum Gasteiger partial charge on any atom is 0.416 e. The first-order chi connectivity index (χ1) is 15.6. The monoisotopic (exact) mass is 492 g/mol. The van der Waals surface area contributed by atoms with E-state index in [1.165, 1.54) is 34.8 Å². The minimum atomic E-state index is -4.37. The van der Waals surface area contributed by atoms with Crippen molar-refractivity contribution < 1.29 is 27.8 Å². The Kier molecular flexibility index (Phi) is 6.40. The van der Waals surface area contributed by atoms with Gasteiger partial charge < -0.3 is 9.84 Å². The molecule has 0 amide bonds. The van der Waals surface area contributed by atoms with Gasteiger partial charge in [0.2, 0.25) is 0 Å². The van der Waals surface area contributed by atoms with E-state index in [0.717, 1.165) is 43.5 Å². The van der Waals surface area contributed by atoms with Crippen LogP contribution < -0.4 is 4.74 Å². The van der Waals surface area contributed by atoms with Crippen molar-refractivity contribution in [2.75, 3.05) is 0 Å². The number of alkyl halides is 3. The molecule has 10 heteroatoms. The third-order valence-corrected chi connectivity index (χ3v) is 7.49. The van der Waals surface area contributed by atoms with E-state index in [1.54, 1.807) is 0 Å². The molecule has 0 aliphatic carbocycles. The fourth-order valence-electron chi connectivity index (χ4n) is 3.26. The summed E-state index contributed by atoms with van der Waals surface area (Å²) in [6.45, 7) is 4.06. The first-order valence-corrected chi connectivity index (χ1v) is 11.6. The van der Waals surface area contributed by atoms with Gasteiger partial charge in [-0.05, 0) is 38.1 Å². The molecular weight excluding hydrogens is 473 g/mol. The Hall–Kier alpha value is -2.98. The molecule has 2 aromatic carbocycles. The summed E-state index contributed by atoms with van der Waals surface area (Å²) in [7, 11) is 0. The van der Waals surface area contributed by atoms with E-state index in [0.29, 0.717) is 22.7 Å². The van der Waals surface area contributed by atoms with E-state index in [9.17, 15) is 18.0 Å². The fraction of sp³-hybridized carbons (Fsp3) is 0.261. The molecule has 0 unspecified atom stereocenters.